The highest BCUT2D eigenvalue weighted by atomic mass is 32.2. The highest BCUT2D eigenvalue weighted by Gasteiger charge is 2.33. The fourth-order valence-electron chi connectivity index (χ4n) is 3.21. The van der Waals surface area contributed by atoms with E-state index >= 15 is 0 Å². The molecule has 0 bridgehead atoms. The smallest absolute Gasteiger partial charge is 0.210 e. The lowest BCUT2D eigenvalue weighted by molar-refractivity contribution is -0.120. The lowest BCUT2D eigenvalue weighted by atomic mass is 9.99. The van der Waals surface area contributed by atoms with E-state index in [0.717, 1.165) is 13.0 Å². The van der Waals surface area contributed by atoms with Gasteiger partial charge in [0.25, 0.3) is 0 Å². The summed E-state index contributed by atoms with van der Waals surface area (Å²) in [6, 6.07) is 19.2. The number of carbonyl (C=O) groups excluding carboxylic acids is 1. The lowest BCUT2D eigenvalue weighted by Crippen LogP contribution is -2.33. The molecular formula is C19H17NOS2. The topological polar surface area (TPSA) is 20.3 Å². The molecule has 2 nitrogen and oxygen atoms in total. The molecule has 2 unspecified atom stereocenters. The first kappa shape index (κ1) is 14.8. The summed E-state index contributed by atoms with van der Waals surface area (Å²) in [6.07, 6.45) is 0.997. The maximum absolute atomic E-state index is 11.5. The Morgan fingerprint density at radius 3 is 2.65 bits per heavy atom. The monoisotopic (exact) mass is 339 g/mol. The van der Waals surface area contributed by atoms with Gasteiger partial charge in [-0.25, -0.2) is 0 Å². The number of hydrogen-bond donors (Lipinski definition) is 0. The van der Waals surface area contributed by atoms with Gasteiger partial charge in [0.05, 0.1) is 11.3 Å². The zero-order chi connectivity index (χ0) is 15.8. The van der Waals surface area contributed by atoms with E-state index in [4.69, 9.17) is 0 Å². The normalized spacial score (nSPS) is 20.5. The molecule has 2 heterocycles. The number of thioether (sulfide) groups is 1. The molecule has 0 saturated carbocycles. The van der Waals surface area contributed by atoms with Crippen LogP contribution in [0.5, 0.6) is 0 Å². The minimum absolute atomic E-state index is 0.160. The van der Waals surface area contributed by atoms with Crippen LogP contribution in [0.4, 0.5) is 0 Å². The molecule has 0 radical (unpaired) electrons. The van der Waals surface area contributed by atoms with Crippen LogP contribution in [0, 0.1) is 0 Å². The van der Waals surface area contributed by atoms with Gasteiger partial charge < -0.3 is 4.90 Å². The van der Waals surface area contributed by atoms with Crippen LogP contribution < -0.4 is 0 Å². The molecule has 1 amide bonds. The average molecular weight is 339 g/mol. The minimum Gasteiger partial charge on any atom is -0.336 e. The summed E-state index contributed by atoms with van der Waals surface area (Å²) < 4.78 is 1.32. The predicted octanol–water partition coefficient (Wildman–Crippen LogP) is 5.27. The molecule has 1 aliphatic heterocycles. The number of fused-ring (bicyclic) bond motifs is 3. The predicted molar refractivity (Wildman–Crippen MR) is 98.1 cm³/mol. The van der Waals surface area contributed by atoms with Gasteiger partial charge in [-0.05, 0) is 36.1 Å². The van der Waals surface area contributed by atoms with Crippen molar-refractivity contribution >= 4 is 39.6 Å². The number of nitrogens with zero attached hydrogens (tertiary/aromatic N) is 1. The first-order valence-electron chi connectivity index (χ1n) is 7.72. The van der Waals surface area contributed by atoms with Gasteiger partial charge in [0.15, 0.2) is 0 Å². The molecule has 0 N–H and O–H groups in total. The van der Waals surface area contributed by atoms with Crippen molar-refractivity contribution < 1.29 is 4.79 Å². The second-order valence-corrected chi connectivity index (χ2v) is 8.13. The molecule has 3 aromatic rings. The molecule has 4 heteroatoms. The van der Waals surface area contributed by atoms with Crippen LogP contribution in [0.1, 0.15) is 28.7 Å². The molecule has 1 aromatic heterocycles. The number of carbonyl (C=O) groups is 1. The molecule has 4 rings (SSSR count). The van der Waals surface area contributed by atoms with E-state index in [1.54, 1.807) is 0 Å². The zero-order valence-corrected chi connectivity index (χ0v) is 14.4. The van der Waals surface area contributed by atoms with Crippen molar-refractivity contribution in [3.63, 3.8) is 0 Å². The third-order valence-electron chi connectivity index (χ3n) is 4.40. The minimum atomic E-state index is 0.160. The van der Waals surface area contributed by atoms with Crippen molar-refractivity contribution in [2.24, 2.45) is 0 Å². The van der Waals surface area contributed by atoms with E-state index in [2.05, 4.69) is 55.5 Å². The van der Waals surface area contributed by atoms with Crippen LogP contribution in [-0.2, 0) is 4.79 Å². The Labute approximate surface area is 144 Å². The summed E-state index contributed by atoms with van der Waals surface area (Å²) in [6.45, 7) is 2.89. The van der Waals surface area contributed by atoms with Crippen LogP contribution in [0.3, 0.4) is 0 Å². The first-order valence-corrected chi connectivity index (χ1v) is 9.41. The quantitative estimate of drug-likeness (QED) is 0.606. The SMILES string of the molecule is CC1c2sc3ccccc3c2C(Sc2ccccc2)CN1C=O. The van der Waals surface area contributed by atoms with Crippen LogP contribution in [-0.4, -0.2) is 17.9 Å². The van der Waals surface area contributed by atoms with E-state index in [9.17, 15) is 4.79 Å². The van der Waals surface area contributed by atoms with Gasteiger partial charge in [0.2, 0.25) is 6.41 Å². The lowest BCUT2D eigenvalue weighted by Gasteiger charge is -2.35. The Morgan fingerprint density at radius 1 is 1.13 bits per heavy atom. The fraction of sp³-hybridized carbons (Fsp3) is 0.211. The molecule has 0 fully saturated rings. The number of hydrogen-bond acceptors (Lipinski definition) is 3. The molecule has 2 atom stereocenters. The van der Waals surface area contributed by atoms with Crippen LogP contribution in [0.25, 0.3) is 10.1 Å². The Morgan fingerprint density at radius 2 is 1.87 bits per heavy atom. The number of benzene rings is 2. The van der Waals surface area contributed by atoms with E-state index in [1.807, 2.05) is 34.1 Å². The van der Waals surface area contributed by atoms with E-state index in [0.29, 0.717) is 0 Å². The zero-order valence-electron chi connectivity index (χ0n) is 12.8. The number of thiophene rings is 1. The molecule has 0 spiro atoms. The van der Waals surface area contributed by atoms with E-state index in [1.165, 1.54) is 25.4 Å². The summed E-state index contributed by atoms with van der Waals surface area (Å²) >= 11 is 3.68. The molecule has 23 heavy (non-hydrogen) atoms. The summed E-state index contributed by atoms with van der Waals surface area (Å²) in [5.41, 5.74) is 1.42. The van der Waals surface area contributed by atoms with Gasteiger partial charge in [-0.1, -0.05) is 36.4 Å². The van der Waals surface area contributed by atoms with Crippen molar-refractivity contribution in [1.29, 1.82) is 0 Å². The van der Waals surface area contributed by atoms with Crippen molar-refractivity contribution in [3.05, 3.63) is 65.0 Å². The fourth-order valence-corrected chi connectivity index (χ4v) is 5.89. The van der Waals surface area contributed by atoms with Gasteiger partial charge in [-0.2, -0.15) is 0 Å². The summed E-state index contributed by atoms with van der Waals surface area (Å²) in [7, 11) is 0. The van der Waals surface area contributed by atoms with E-state index < -0.39 is 0 Å². The summed E-state index contributed by atoms with van der Waals surface area (Å²) in [5.74, 6) is 0. The third kappa shape index (κ3) is 2.56. The van der Waals surface area contributed by atoms with Gasteiger partial charge in [-0.15, -0.1) is 23.1 Å². The van der Waals surface area contributed by atoms with Crippen LogP contribution in [0.2, 0.25) is 0 Å². The maximum atomic E-state index is 11.5. The highest BCUT2D eigenvalue weighted by molar-refractivity contribution is 7.99. The highest BCUT2D eigenvalue weighted by Crippen LogP contribution is 2.50. The van der Waals surface area contributed by atoms with Gasteiger partial charge in [-0.3, -0.25) is 4.79 Å². The van der Waals surface area contributed by atoms with Crippen molar-refractivity contribution in [2.45, 2.75) is 23.1 Å². The first-order chi connectivity index (χ1) is 11.3. The Kier molecular flexibility index (Phi) is 3.87. The molecule has 116 valence electrons. The van der Waals surface area contributed by atoms with Gasteiger partial charge in [0.1, 0.15) is 0 Å². The molecule has 1 aliphatic rings. The van der Waals surface area contributed by atoms with Gasteiger partial charge >= 0.3 is 0 Å². The van der Waals surface area contributed by atoms with E-state index in [-0.39, 0.29) is 11.3 Å². The van der Waals surface area contributed by atoms with Crippen molar-refractivity contribution in [2.75, 3.05) is 6.54 Å². The Bertz CT molecular complexity index is 843. The second kappa shape index (κ2) is 6.02. The van der Waals surface area contributed by atoms with Crippen LogP contribution in [0.15, 0.2) is 59.5 Å². The number of rotatable bonds is 3. The Balaban J connectivity index is 1.83. The molecular weight excluding hydrogens is 322 g/mol. The maximum Gasteiger partial charge on any atom is 0.210 e. The van der Waals surface area contributed by atoms with Crippen molar-refractivity contribution in [1.82, 2.24) is 4.90 Å². The Hall–Kier alpha value is -1.78. The second-order valence-electron chi connectivity index (χ2n) is 5.77. The largest absolute Gasteiger partial charge is 0.336 e. The average Bonchev–Trinajstić information content (AvgIpc) is 2.98. The van der Waals surface area contributed by atoms with Crippen LogP contribution >= 0.6 is 23.1 Å². The third-order valence-corrected chi connectivity index (χ3v) is 6.97. The standard InChI is InChI=1S/C19H17NOS2/c1-13-19-18(15-9-5-6-10-16(15)23-19)17(11-20(13)12-21)22-14-7-3-2-4-8-14/h2-10,12-13,17H,11H2,1H3. The number of amides is 1. The summed E-state index contributed by atoms with van der Waals surface area (Å²) in [5, 5.41) is 1.63. The molecule has 0 saturated heterocycles. The molecule has 2 aromatic carbocycles. The van der Waals surface area contributed by atoms with Crippen molar-refractivity contribution in [3.8, 4) is 0 Å². The van der Waals surface area contributed by atoms with Gasteiger partial charge in [0, 0.05) is 21.0 Å². The molecule has 0 aliphatic carbocycles. The summed E-state index contributed by atoms with van der Waals surface area (Å²) in [4.78, 5) is 16.0.